The Kier molecular flexibility index (Phi) is 5.37. The highest BCUT2D eigenvalue weighted by atomic mass is 14.4. The fraction of sp³-hybridized carbons (Fsp3) is 0.259. The van der Waals surface area contributed by atoms with E-state index in [0.29, 0.717) is 0 Å². The van der Waals surface area contributed by atoms with Gasteiger partial charge in [-0.15, -0.1) is 0 Å². The summed E-state index contributed by atoms with van der Waals surface area (Å²) >= 11 is 0. The molecule has 4 aromatic carbocycles. The molecule has 0 nitrogen and oxygen atoms in total. The zero-order valence-corrected chi connectivity index (χ0v) is 17.4. The summed E-state index contributed by atoms with van der Waals surface area (Å²) in [5.41, 5.74) is 5.78. The van der Waals surface area contributed by atoms with Gasteiger partial charge in [0, 0.05) is 5.41 Å². The minimum absolute atomic E-state index is 0.0752. The van der Waals surface area contributed by atoms with E-state index in [2.05, 4.69) is 86.6 Å². The Hall–Kier alpha value is -2.60. The van der Waals surface area contributed by atoms with Crippen LogP contribution in [-0.4, -0.2) is 0 Å². The normalized spacial score (nSPS) is 13.1. The molecule has 1 aliphatic rings. The highest BCUT2D eigenvalue weighted by Gasteiger charge is 2.35. The molecule has 0 fully saturated rings. The van der Waals surface area contributed by atoms with Crippen LogP contribution in [0.3, 0.4) is 0 Å². The highest BCUT2D eigenvalue weighted by molar-refractivity contribution is 6.14. The van der Waals surface area contributed by atoms with E-state index in [1.165, 1.54) is 43.8 Å². The first kappa shape index (κ1) is 19.2. The Balaban J connectivity index is 0.000000495. The summed E-state index contributed by atoms with van der Waals surface area (Å²) in [5.74, 6) is 0. The molecule has 0 atom stereocenters. The molecule has 0 unspecified atom stereocenters. The van der Waals surface area contributed by atoms with Crippen LogP contribution in [0.25, 0.3) is 32.7 Å². The fourth-order valence-corrected chi connectivity index (χ4v) is 4.29. The monoisotopic (exact) mass is 354 g/mol. The molecule has 27 heavy (non-hydrogen) atoms. The Morgan fingerprint density at radius 3 is 1.93 bits per heavy atom. The van der Waals surface area contributed by atoms with E-state index >= 15 is 0 Å². The Bertz CT molecular complexity index is 1080. The van der Waals surface area contributed by atoms with Gasteiger partial charge >= 0.3 is 0 Å². The molecule has 0 radical (unpaired) electrons. The lowest BCUT2D eigenvalue weighted by Crippen LogP contribution is -2.14. The minimum atomic E-state index is 0.0752. The van der Waals surface area contributed by atoms with E-state index in [9.17, 15) is 0 Å². The molecule has 138 valence electrons. The maximum Gasteiger partial charge on any atom is 0.0159 e. The molecule has 5 rings (SSSR count). The lowest BCUT2D eigenvalue weighted by Gasteiger charge is -2.21. The number of benzene rings is 4. The lowest BCUT2D eigenvalue weighted by atomic mass is 9.82. The maximum absolute atomic E-state index is 2.34. The predicted molar refractivity (Wildman–Crippen MR) is 122 cm³/mol. The van der Waals surface area contributed by atoms with Gasteiger partial charge in [0.15, 0.2) is 0 Å². The van der Waals surface area contributed by atoms with Crippen LogP contribution in [0.5, 0.6) is 0 Å². The standard InChI is InChI=1S/C23H18.2C2H6/c1-23(2)20-10-6-5-9-19(20)22-18-12-11-15-7-3-4-8-16(15)17(18)13-14-21(22)23;2*1-2/h3-14H,1-2H3;2*1-2H3. The van der Waals surface area contributed by atoms with Crippen LogP contribution in [0, 0.1) is 0 Å². The van der Waals surface area contributed by atoms with Crippen molar-refractivity contribution in [3.63, 3.8) is 0 Å². The number of hydrogen-bond acceptors (Lipinski definition) is 0. The Morgan fingerprint density at radius 1 is 0.519 bits per heavy atom. The first-order valence-electron chi connectivity index (χ1n) is 10.2. The minimum Gasteiger partial charge on any atom is -0.0683 e. The first-order valence-corrected chi connectivity index (χ1v) is 10.2. The molecule has 0 bridgehead atoms. The number of rotatable bonds is 0. The number of hydrogen-bond donors (Lipinski definition) is 0. The molecule has 0 heteroatoms. The third-order valence-corrected chi connectivity index (χ3v) is 5.47. The summed E-state index contributed by atoms with van der Waals surface area (Å²) in [4.78, 5) is 0. The van der Waals surface area contributed by atoms with E-state index in [1.807, 2.05) is 27.7 Å². The van der Waals surface area contributed by atoms with Crippen LogP contribution in [0.4, 0.5) is 0 Å². The largest absolute Gasteiger partial charge is 0.0683 e. The van der Waals surface area contributed by atoms with Gasteiger partial charge in [0.25, 0.3) is 0 Å². The molecule has 0 aliphatic heterocycles. The predicted octanol–water partition coefficient (Wildman–Crippen LogP) is 8.35. The van der Waals surface area contributed by atoms with Crippen molar-refractivity contribution in [1.29, 1.82) is 0 Å². The van der Waals surface area contributed by atoms with Gasteiger partial charge in [-0.2, -0.15) is 0 Å². The summed E-state index contributed by atoms with van der Waals surface area (Å²) in [5, 5.41) is 5.38. The van der Waals surface area contributed by atoms with Crippen molar-refractivity contribution in [2.24, 2.45) is 0 Å². The quantitative estimate of drug-likeness (QED) is 0.278. The van der Waals surface area contributed by atoms with Crippen molar-refractivity contribution in [2.75, 3.05) is 0 Å². The molecule has 0 spiro atoms. The molecule has 0 aromatic heterocycles. The van der Waals surface area contributed by atoms with Gasteiger partial charge < -0.3 is 0 Å². The van der Waals surface area contributed by atoms with Gasteiger partial charge in [-0.25, -0.2) is 0 Å². The molecule has 1 aliphatic carbocycles. The average molecular weight is 355 g/mol. The van der Waals surface area contributed by atoms with Crippen molar-refractivity contribution in [1.82, 2.24) is 0 Å². The molecular formula is C27H30. The zero-order chi connectivity index (χ0) is 19.6. The molecule has 0 heterocycles. The van der Waals surface area contributed by atoms with Crippen molar-refractivity contribution in [2.45, 2.75) is 47.0 Å². The highest BCUT2D eigenvalue weighted by Crippen LogP contribution is 2.51. The van der Waals surface area contributed by atoms with E-state index in [1.54, 1.807) is 0 Å². The second-order valence-corrected chi connectivity index (χ2v) is 7.04. The van der Waals surface area contributed by atoms with Crippen molar-refractivity contribution in [3.8, 4) is 11.1 Å². The van der Waals surface area contributed by atoms with Gasteiger partial charge in [-0.3, -0.25) is 0 Å². The SMILES string of the molecule is CC.CC.CC1(C)c2ccccc2-c2c1ccc1c2ccc2ccccc21. The van der Waals surface area contributed by atoms with Crippen LogP contribution in [0.15, 0.2) is 72.8 Å². The summed E-state index contributed by atoms with van der Waals surface area (Å²) in [7, 11) is 0. The molecular weight excluding hydrogens is 324 g/mol. The zero-order valence-electron chi connectivity index (χ0n) is 17.4. The van der Waals surface area contributed by atoms with Gasteiger partial charge in [0.2, 0.25) is 0 Å². The summed E-state index contributed by atoms with van der Waals surface area (Å²) < 4.78 is 0. The first-order chi connectivity index (χ1) is 13.2. The fourth-order valence-electron chi connectivity index (χ4n) is 4.29. The van der Waals surface area contributed by atoms with Crippen LogP contribution in [0.2, 0.25) is 0 Å². The number of fused-ring (bicyclic) bond motifs is 7. The molecule has 0 N–H and O–H groups in total. The summed E-state index contributed by atoms with van der Waals surface area (Å²) in [6.45, 7) is 12.7. The average Bonchev–Trinajstić information content (AvgIpc) is 2.98. The molecule has 0 saturated carbocycles. The van der Waals surface area contributed by atoms with Crippen molar-refractivity contribution in [3.05, 3.63) is 83.9 Å². The molecule has 4 aromatic rings. The third kappa shape index (κ3) is 2.84. The van der Waals surface area contributed by atoms with Gasteiger partial charge in [0.1, 0.15) is 0 Å². The van der Waals surface area contributed by atoms with Crippen molar-refractivity contribution < 1.29 is 0 Å². The Morgan fingerprint density at radius 2 is 1.15 bits per heavy atom. The lowest BCUT2D eigenvalue weighted by molar-refractivity contribution is 0.661. The second kappa shape index (κ2) is 7.56. The van der Waals surface area contributed by atoms with Crippen molar-refractivity contribution >= 4 is 21.5 Å². The van der Waals surface area contributed by atoms with Crippen LogP contribution in [0.1, 0.15) is 52.7 Å². The van der Waals surface area contributed by atoms with E-state index in [-0.39, 0.29) is 5.41 Å². The summed E-state index contributed by atoms with van der Waals surface area (Å²) in [6, 6.07) is 26.7. The topological polar surface area (TPSA) is 0 Å². The van der Waals surface area contributed by atoms with E-state index in [0.717, 1.165) is 0 Å². The smallest absolute Gasteiger partial charge is 0.0159 e. The van der Waals surface area contributed by atoms with Crippen LogP contribution in [-0.2, 0) is 5.41 Å². The maximum atomic E-state index is 2.34. The molecule has 0 amide bonds. The third-order valence-electron chi connectivity index (χ3n) is 5.47. The van der Waals surface area contributed by atoms with Gasteiger partial charge in [0.05, 0.1) is 0 Å². The van der Waals surface area contributed by atoms with Gasteiger partial charge in [-0.1, -0.05) is 114 Å². The van der Waals surface area contributed by atoms with E-state index in [4.69, 9.17) is 0 Å². The molecule has 0 saturated heterocycles. The second-order valence-electron chi connectivity index (χ2n) is 7.04. The van der Waals surface area contributed by atoms with E-state index < -0.39 is 0 Å². The summed E-state index contributed by atoms with van der Waals surface area (Å²) in [6.07, 6.45) is 0. The van der Waals surface area contributed by atoms with Gasteiger partial charge in [-0.05, 0) is 43.8 Å². The van der Waals surface area contributed by atoms with Crippen LogP contribution < -0.4 is 0 Å². The Labute approximate surface area is 163 Å². The van der Waals surface area contributed by atoms with Crippen LogP contribution >= 0.6 is 0 Å².